The molecule has 3 fully saturated rings. The van der Waals surface area contributed by atoms with Gasteiger partial charge in [-0.25, -0.2) is 0 Å². The first-order valence-electron chi connectivity index (χ1n) is 10.5. The van der Waals surface area contributed by atoms with E-state index in [9.17, 15) is 4.79 Å². The number of carbonyl (C=O) groups is 1. The van der Waals surface area contributed by atoms with Crippen molar-refractivity contribution in [2.75, 3.05) is 69.2 Å². The smallest absolute Gasteiger partial charge is 0.276 e. The molecule has 2 aromatic heterocycles. The molecule has 1 aliphatic carbocycles. The Morgan fingerprint density at radius 2 is 1.52 bits per heavy atom. The summed E-state index contributed by atoms with van der Waals surface area (Å²) in [7, 11) is 2.14. The van der Waals surface area contributed by atoms with Crippen LogP contribution in [0, 0.1) is 0 Å². The maximum atomic E-state index is 12.7. The quantitative estimate of drug-likeness (QED) is 0.757. The van der Waals surface area contributed by atoms with Crippen molar-refractivity contribution in [2.24, 2.45) is 0 Å². The monoisotopic (exact) mass is 397 g/mol. The summed E-state index contributed by atoms with van der Waals surface area (Å²) >= 11 is 0. The molecule has 0 bridgehead atoms. The highest BCUT2D eigenvalue weighted by Gasteiger charge is 2.31. The van der Waals surface area contributed by atoms with E-state index in [0.29, 0.717) is 24.7 Å². The first kappa shape index (κ1) is 18.4. The van der Waals surface area contributed by atoms with Crippen LogP contribution in [0.15, 0.2) is 22.7 Å². The van der Waals surface area contributed by atoms with Gasteiger partial charge in [-0.2, -0.15) is 0 Å². The Kier molecular flexibility index (Phi) is 4.83. The van der Waals surface area contributed by atoms with E-state index >= 15 is 0 Å². The van der Waals surface area contributed by atoms with Crippen LogP contribution in [-0.4, -0.2) is 90.5 Å². The Morgan fingerprint density at radius 3 is 2.07 bits per heavy atom. The predicted molar refractivity (Wildman–Crippen MR) is 108 cm³/mol. The van der Waals surface area contributed by atoms with E-state index in [1.807, 2.05) is 17.0 Å². The normalized spacial score (nSPS) is 20.9. The molecule has 4 heterocycles. The van der Waals surface area contributed by atoms with Gasteiger partial charge in [0, 0.05) is 64.3 Å². The number of nitrogens with zero attached hydrogens (tertiary/aromatic N) is 7. The molecule has 2 aliphatic heterocycles. The van der Waals surface area contributed by atoms with Crippen LogP contribution in [0.3, 0.4) is 0 Å². The predicted octanol–water partition coefficient (Wildman–Crippen LogP) is 1.06. The molecule has 0 atom stereocenters. The number of piperazine rings is 2. The summed E-state index contributed by atoms with van der Waals surface area (Å²) in [4.78, 5) is 21.3. The molecule has 3 aliphatic rings. The fourth-order valence-corrected chi connectivity index (χ4v) is 3.94. The molecular weight excluding hydrogens is 370 g/mol. The average Bonchev–Trinajstić information content (AvgIpc) is 3.51. The standard InChI is InChI=1S/C20H27N7O2/c1-24-6-8-25(9-7-24)18-4-5-19(22-21-18)26-10-12-27(13-11-26)20(28)16-14-17(29-23-16)15-2-3-15/h4-5,14-15H,2-3,6-13H2,1H3. The van der Waals surface area contributed by atoms with Crippen LogP contribution in [0.1, 0.15) is 35.0 Å². The molecule has 0 radical (unpaired) electrons. The Morgan fingerprint density at radius 1 is 0.931 bits per heavy atom. The summed E-state index contributed by atoms with van der Waals surface area (Å²) in [5.41, 5.74) is 0.427. The number of likely N-dealkylation sites (N-methyl/N-ethyl adjacent to an activating group) is 1. The number of amides is 1. The van der Waals surface area contributed by atoms with Crippen LogP contribution in [0.5, 0.6) is 0 Å². The molecule has 1 amide bonds. The van der Waals surface area contributed by atoms with Crippen molar-refractivity contribution >= 4 is 17.5 Å². The zero-order valence-electron chi connectivity index (χ0n) is 16.8. The molecule has 9 heteroatoms. The van der Waals surface area contributed by atoms with Crippen LogP contribution in [0.25, 0.3) is 0 Å². The lowest BCUT2D eigenvalue weighted by Crippen LogP contribution is -2.49. The highest BCUT2D eigenvalue weighted by Crippen LogP contribution is 2.40. The fraction of sp³-hybridized carbons (Fsp3) is 0.600. The van der Waals surface area contributed by atoms with Gasteiger partial charge in [-0.3, -0.25) is 4.79 Å². The number of hydrogen-bond donors (Lipinski definition) is 0. The molecule has 2 saturated heterocycles. The van der Waals surface area contributed by atoms with Crippen LogP contribution in [0.2, 0.25) is 0 Å². The summed E-state index contributed by atoms with van der Waals surface area (Å²) in [6, 6.07) is 5.91. The van der Waals surface area contributed by atoms with Gasteiger partial charge >= 0.3 is 0 Å². The molecule has 9 nitrogen and oxygen atoms in total. The number of carbonyl (C=O) groups excluding carboxylic acids is 1. The van der Waals surface area contributed by atoms with Gasteiger partial charge in [0.15, 0.2) is 17.3 Å². The third-order valence-electron chi connectivity index (χ3n) is 6.08. The van der Waals surface area contributed by atoms with E-state index in [1.165, 1.54) is 0 Å². The van der Waals surface area contributed by atoms with Gasteiger partial charge in [0.1, 0.15) is 5.76 Å². The summed E-state index contributed by atoms with van der Waals surface area (Å²) < 4.78 is 5.33. The second-order valence-electron chi connectivity index (χ2n) is 8.21. The molecule has 5 rings (SSSR count). The van der Waals surface area contributed by atoms with Gasteiger partial charge < -0.3 is 24.1 Å². The molecule has 0 aromatic carbocycles. The molecule has 0 spiro atoms. The van der Waals surface area contributed by atoms with Crippen molar-refractivity contribution in [3.63, 3.8) is 0 Å². The SMILES string of the molecule is CN1CCN(c2ccc(N3CCN(C(=O)c4cc(C5CC5)on4)CC3)nn2)CC1. The van der Waals surface area contributed by atoms with Crippen molar-refractivity contribution in [2.45, 2.75) is 18.8 Å². The maximum absolute atomic E-state index is 12.7. The summed E-state index contributed by atoms with van der Waals surface area (Å²) in [6.07, 6.45) is 2.27. The van der Waals surface area contributed by atoms with Crippen molar-refractivity contribution in [3.05, 3.63) is 29.7 Å². The Bertz CT molecular complexity index is 848. The minimum absolute atomic E-state index is 0.0446. The number of anilines is 2. The summed E-state index contributed by atoms with van der Waals surface area (Å²) in [5.74, 6) is 3.08. The van der Waals surface area contributed by atoms with E-state index in [0.717, 1.165) is 69.5 Å². The van der Waals surface area contributed by atoms with Crippen LogP contribution < -0.4 is 9.80 Å². The lowest BCUT2D eigenvalue weighted by Gasteiger charge is -2.35. The van der Waals surface area contributed by atoms with Crippen LogP contribution >= 0.6 is 0 Å². The lowest BCUT2D eigenvalue weighted by molar-refractivity contribution is 0.0736. The number of aromatic nitrogens is 3. The molecular formula is C20H27N7O2. The average molecular weight is 397 g/mol. The first-order valence-corrected chi connectivity index (χ1v) is 10.5. The van der Waals surface area contributed by atoms with Gasteiger partial charge in [-0.1, -0.05) is 5.16 Å². The minimum Gasteiger partial charge on any atom is -0.360 e. The van der Waals surface area contributed by atoms with E-state index < -0.39 is 0 Å². The Labute approximate surface area is 170 Å². The zero-order chi connectivity index (χ0) is 19.8. The lowest BCUT2D eigenvalue weighted by atomic mass is 10.2. The van der Waals surface area contributed by atoms with Gasteiger partial charge in [0.05, 0.1) is 0 Å². The minimum atomic E-state index is -0.0446. The van der Waals surface area contributed by atoms with Gasteiger partial charge in [0.2, 0.25) is 0 Å². The zero-order valence-corrected chi connectivity index (χ0v) is 16.8. The van der Waals surface area contributed by atoms with E-state index in [2.05, 4.69) is 43.2 Å². The number of rotatable bonds is 4. The molecule has 1 saturated carbocycles. The van der Waals surface area contributed by atoms with Gasteiger partial charge in [-0.05, 0) is 32.0 Å². The van der Waals surface area contributed by atoms with Crippen molar-refractivity contribution in [1.29, 1.82) is 0 Å². The van der Waals surface area contributed by atoms with Crippen LogP contribution in [0.4, 0.5) is 11.6 Å². The molecule has 154 valence electrons. The fourth-order valence-electron chi connectivity index (χ4n) is 3.94. The molecule has 29 heavy (non-hydrogen) atoms. The number of hydrogen-bond acceptors (Lipinski definition) is 8. The summed E-state index contributed by atoms with van der Waals surface area (Å²) in [6.45, 7) is 6.83. The Hall–Kier alpha value is -2.68. The van der Waals surface area contributed by atoms with E-state index in [1.54, 1.807) is 0 Å². The van der Waals surface area contributed by atoms with Crippen molar-refractivity contribution < 1.29 is 9.32 Å². The molecule has 0 N–H and O–H groups in total. The maximum Gasteiger partial charge on any atom is 0.276 e. The third kappa shape index (κ3) is 3.91. The largest absolute Gasteiger partial charge is 0.360 e. The topological polar surface area (TPSA) is 81.8 Å². The third-order valence-corrected chi connectivity index (χ3v) is 6.08. The van der Waals surface area contributed by atoms with Crippen LogP contribution in [-0.2, 0) is 0 Å². The second-order valence-corrected chi connectivity index (χ2v) is 8.21. The van der Waals surface area contributed by atoms with Crippen molar-refractivity contribution in [1.82, 2.24) is 25.2 Å². The first-order chi connectivity index (χ1) is 14.2. The Balaban J connectivity index is 1.16. The molecule has 0 unspecified atom stereocenters. The highest BCUT2D eigenvalue weighted by molar-refractivity contribution is 5.92. The molecule has 2 aromatic rings. The van der Waals surface area contributed by atoms with Gasteiger partial charge in [0.25, 0.3) is 5.91 Å². The van der Waals surface area contributed by atoms with Gasteiger partial charge in [-0.15, -0.1) is 10.2 Å². The summed E-state index contributed by atoms with van der Waals surface area (Å²) in [5, 5.41) is 12.9. The van der Waals surface area contributed by atoms with E-state index in [-0.39, 0.29) is 5.91 Å². The highest BCUT2D eigenvalue weighted by atomic mass is 16.5. The van der Waals surface area contributed by atoms with E-state index in [4.69, 9.17) is 4.52 Å². The second kappa shape index (κ2) is 7.62. The van der Waals surface area contributed by atoms with Crippen molar-refractivity contribution in [3.8, 4) is 0 Å².